The molecule has 1 aliphatic carbocycles. The monoisotopic (exact) mass is 273 g/mol. The molecule has 0 bridgehead atoms. The van der Waals surface area contributed by atoms with E-state index in [4.69, 9.17) is 0 Å². The van der Waals surface area contributed by atoms with E-state index < -0.39 is 5.60 Å². The summed E-state index contributed by atoms with van der Waals surface area (Å²) in [5, 5.41) is 14.8. The molecule has 0 amide bonds. The van der Waals surface area contributed by atoms with Gasteiger partial charge in [0.25, 0.3) is 0 Å². The lowest BCUT2D eigenvalue weighted by molar-refractivity contribution is 0.00186. The van der Waals surface area contributed by atoms with Crippen LogP contribution in [0.15, 0.2) is 24.3 Å². The summed E-state index contributed by atoms with van der Waals surface area (Å²) in [5.41, 5.74) is 2.12. The summed E-state index contributed by atoms with van der Waals surface area (Å²) < 4.78 is 0. The van der Waals surface area contributed by atoms with Crippen molar-refractivity contribution in [2.24, 2.45) is 5.92 Å². The third-order valence-electron chi connectivity index (χ3n) is 5.48. The van der Waals surface area contributed by atoms with Gasteiger partial charge in [0.15, 0.2) is 0 Å². The van der Waals surface area contributed by atoms with E-state index in [0.29, 0.717) is 0 Å². The zero-order valence-corrected chi connectivity index (χ0v) is 12.6. The van der Waals surface area contributed by atoms with Gasteiger partial charge < -0.3 is 10.4 Å². The Kier molecular flexibility index (Phi) is 4.02. The number of benzene rings is 1. The largest absolute Gasteiger partial charge is 0.388 e. The summed E-state index contributed by atoms with van der Waals surface area (Å²) in [4.78, 5) is 0. The fraction of sp³-hybridized carbons (Fsp3) is 0.667. The molecule has 1 aromatic rings. The second-order valence-corrected chi connectivity index (χ2v) is 6.70. The highest BCUT2D eigenvalue weighted by Gasteiger charge is 2.39. The third-order valence-corrected chi connectivity index (χ3v) is 5.48. The van der Waals surface area contributed by atoms with Crippen LogP contribution in [-0.2, 0) is 6.42 Å². The van der Waals surface area contributed by atoms with Gasteiger partial charge in [0.2, 0.25) is 0 Å². The normalized spacial score (nSPS) is 33.9. The van der Waals surface area contributed by atoms with Gasteiger partial charge in [-0.3, -0.25) is 0 Å². The lowest BCUT2D eigenvalue weighted by atomic mass is 9.81. The molecule has 0 radical (unpaired) electrons. The molecule has 0 spiro atoms. The predicted molar refractivity (Wildman–Crippen MR) is 84.0 cm³/mol. The molecular formula is C18H27NO. The first-order chi connectivity index (χ1) is 9.71. The van der Waals surface area contributed by atoms with Gasteiger partial charge in [-0.2, -0.15) is 0 Å². The lowest BCUT2D eigenvalue weighted by Gasteiger charge is -2.40. The first kappa shape index (κ1) is 13.9. The fourth-order valence-electron chi connectivity index (χ4n) is 4.02. The van der Waals surface area contributed by atoms with Crippen molar-refractivity contribution in [3.8, 4) is 0 Å². The molecule has 0 saturated heterocycles. The van der Waals surface area contributed by atoms with Crippen molar-refractivity contribution < 1.29 is 5.11 Å². The minimum atomic E-state index is -0.503. The standard InChI is InChI=1S/C18H27NO/c1-2-14-6-5-12-18(20,13-11-14)17-10-9-15-7-3-4-8-16(15)19-17/h3-4,7-8,14,17,19-20H,2,5-6,9-13H2,1H3. The van der Waals surface area contributed by atoms with Crippen LogP contribution in [0.5, 0.6) is 0 Å². The zero-order chi connectivity index (χ0) is 14.0. The predicted octanol–water partition coefficient (Wildman–Crippen LogP) is 4.13. The third kappa shape index (κ3) is 2.71. The molecule has 2 aliphatic rings. The number of para-hydroxylation sites is 1. The lowest BCUT2D eigenvalue weighted by Crippen LogP contribution is -2.48. The second-order valence-electron chi connectivity index (χ2n) is 6.70. The molecule has 1 saturated carbocycles. The molecular weight excluding hydrogens is 246 g/mol. The zero-order valence-electron chi connectivity index (χ0n) is 12.6. The number of anilines is 1. The topological polar surface area (TPSA) is 32.3 Å². The molecule has 2 nitrogen and oxygen atoms in total. The summed E-state index contributed by atoms with van der Waals surface area (Å²) >= 11 is 0. The van der Waals surface area contributed by atoms with Crippen LogP contribution in [0.1, 0.15) is 57.4 Å². The van der Waals surface area contributed by atoms with Crippen molar-refractivity contribution in [2.45, 2.75) is 69.9 Å². The minimum absolute atomic E-state index is 0.230. The van der Waals surface area contributed by atoms with Crippen molar-refractivity contribution >= 4 is 5.69 Å². The SMILES string of the molecule is CCC1CCCC(O)(C2CCc3ccccc3N2)CC1. The van der Waals surface area contributed by atoms with Crippen molar-refractivity contribution in [1.82, 2.24) is 0 Å². The number of fused-ring (bicyclic) bond motifs is 1. The van der Waals surface area contributed by atoms with Crippen LogP contribution in [-0.4, -0.2) is 16.7 Å². The summed E-state index contributed by atoms with van der Waals surface area (Å²) in [6, 6.07) is 8.76. The molecule has 1 aromatic carbocycles. The molecule has 3 rings (SSSR count). The van der Waals surface area contributed by atoms with Gasteiger partial charge in [-0.1, -0.05) is 44.4 Å². The van der Waals surface area contributed by atoms with Gasteiger partial charge in [0.1, 0.15) is 0 Å². The van der Waals surface area contributed by atoms with E-state index in [0.717, 1.165) is 31.6 Å². The van der Waals surface area contributed by atoms with E-state index in [1.807, 2.05) is 0 Å². The number of aliphatic hydroxyl groups is 1. The molecule has 1 aliphatic heterocycles. The van der Waals surface area contributed by atoms with Crippen LogP contribution in [0, 0.1) is 5.92 Å². The molecule has 110 valence electrons. The first-order valence-electron chi connectivity index (χ1n) is 8.28. The molecule has 3 atom stereocenters. The van der Waals surface area contributed by atoms with E-state index in [9.17, 15) is 5.11 Å². The highest BCUT2D eigenvalue weighted by molar-refractivity contribution is 5.54. The first-order valence-corrected chi connectivity index (χ1v) is 8.28. The Morgan fingerprint density at radius 3 is 2.90 bits per heavy atom. The second kappa shape index (κ2) is 5.77. The summed E-state index contributed by atoms with van der Waals surface area (Å²) in [6.45, 7) is 2.28. The molecule has 3 unspecified atom stereocenters. The highest BCUT2D eigenvalue weighted by atomic mass is 16.3. The maximum Gasteiger partial charge on any atom is 0.0848 e. The number of hydrogen-bond donors (Lipinski definition) is 2. The molecule has 20 heavy (non-hydrogen) atoms. The molecule has 2 N–H and O–H groups in total. The summed E-state index contributed by atoms with van der Waals surface area (Å²) in [7, 11) is 0. The van der Waals surface area contributed by atoms with Gasteiger partial charge in [-0.15, -0.1) is 0 Å². The van der Waals surface area contributed by atoms with E-state index in [-0.39, 0.29) is 6.04 Å². The number of nitrogens with one attached hydrogen (secondary N) is 1. The Hall–Kier alpha value is -1.02. The van der Waals surface area contributed by atoms with Crippen LogP contribution in [0.3, 0.4) is 0 Å². The molecule has 1 fully saturated rings. The molecule has 0 aromatic heterocycles. The quantitative estimate of drug-likeness (QED) is 0.794. The van der Waals surface area contributed by atoms with Gasteiger partial charge in [0, 0.05) is 5.69 Å². The van der Waals surface area contributed by atoms with E-state index >= 15 is 0 Å². The highest BCUT2D eigenvalue weighted by Crippen LogP contribution is 2.38. The van der Waals surface area contributed by atoms with Crippen molar-refractivity contribution in [2.75, 3.05) is 5.32 Å². The Balaban J connectivity index is 1.73. The smallest absolute Gasteiger partial charge is 0.0848 e. The van der Waals surface area contributed by atoms with Gasteiger partial charge in [0.05, 0.1) is 11.6 Å². The van der Waals surface area contributed by atoms with E-state index in [1.54, 1.807) is 0 Å². The van der Waals surface area contributed by atoms with E-state index in [2.05, 4.69) is 36.5 Å². The minimum Gasteiger partial charge on any atom is -0.388 e. The Morgan fingerprint density at radius 1 is 1.20 bits per heavy atom. The fourth-order valence-corrected chi connectivity index (χ4v) is 4.02. The Bertz CT molecular complexity index is 458. The van der Waals surface area contributed by atoms with Crippen LogP contribution in [0.2, 0.25) is 0 Å². The Labute approximate surface area is 122 Å². The Morgan fingerprint density at radius 2 is 2.05 bits per heavy atom. The summed E-state index contributed by atoms with van der Waals surface area (Å²) in [5.74, 6) is 0.819. The molecule has 1 heterocycles. The number of aryl methyl sites for hydroxylation is 1. The van der Waals surface area contributed by atoms with Crippen LogP contribution < -0.4 is 5.32 Å². The van der Waals surface area contributed by atoms with Gasteiger partial charge >= 0.3 is 0 Å². The van der Waals surface area contributed by atoms with Gasteiger partial charge in [-0.25, -0.2) is 0 Å². The number of hydrogen-bond acceptors (Lipinski definition) is 2. The van der Waals surface area contributed by atoms with Crippen LogP contribution in [0.25, 0.3) is 0 Å². The average molecular weight is 273 g/mol. The van der Waals surface area contributed by atoms with Crippen LogP contribution >= 0.6 is 0 Å². The summed E-state index contributed by atoms with van der Waals surface area (Å²) in [6.07, 6.45) is 8.99. The van der Waals surface area contributed by atoms with Crippen LogP contribution in [0.4, 0.5) is 5.69 Å². The molecule has 2 heteroatoms. The van der Waals surface area contributed by atoms with Gasteiger partial charge in [-0.05, 0) is 49.7 Å². The maximum absolute atomic E-state index is 11.2. The maximum atomic E-state index is 11.2. The van der Waals surface area contributed by atoms with Crippen molar-refractivity contribution in [3.05, 3.63) is 29.8 Å². The number of rotatable bonds is 2. The van der Waals surface area contributed by atoms with E-state index in [1.165, 1.54) is 36.9 Å². The van der Waals surface area contributed by atoms with Crippen molar-refractivity contribution in [3.63, 3.8) is 0 Å². The van der Waals surface area contributed by atoms with Crippen molar-refractivity contribution in [1.29, 1.82) is 0 Å². The average Bonchev–Trinajstić information content (AvgIpc) is 2.69.